The number of hydrogen-bond donors (Lipinski definition) is 1. The van der Waals surface area contributed by atoms with Crippen LogP contribution in [0.2, 0.25) is 0 Å². The lowest BCUT2D eigenvalue weighted by Gasteiger charge is -2.31. The zero-order valence-corrected chi connectivity index (χ0v) is 12.5. The minimum Gasteiger partial charge on any atom is -0.366 e. The molecule has 5 nitrogen and oxygen atoms in total. The van der Waals surface area contributed by atoms with Crippen LogP contribution in [0.15, 0.2) is 0 Å². The van der Waals surface area contributed by atoms with Crippen LogP contribution in [0.5, 0.6) is 0 Å². The highest BCUT2D eigenvalue weighted by Crippen LogP contribution is 2.30. The second-order valence-corrected chi connectivity index (χ2v) is 6.45. The fourth-order valence-corrected chi connectivity index (χ4v) is 3.22. The SMILES string of the molecule is CCN1CCO[C@H](C(=O)N[C@H]2CCN(CC3CC3)C2)C1. The van der Waals surface area contributed by atoms with Crippen LogP contribution in [-0.2, 0) is 9.53 Å². The predicted octanol–water partition coefficient (Wildman–Crippen LogP) is 0.308. The first-order chi connectivity index (χ1) is 9.74. The maximum Gasteiger partial charge on any atom is 0.250 e. The van der Waals surface area contributed by atoms with Crippen molar-refractivity contribution in [3.05, 3.63) is 0 Å². The van der Waals surface area contributed by atoms with Crippen molar-refractivity contribution in [2.45, 2.75) is 38.3 Å². The molecular formula is C15H27N3O2. The van der Waals surface area contributed by atoms with Gasteiger partial charge in [-0.2, -0.15) is 0 Å². The van der Waals surface area contributed by atoms with Gasteiger partial charge in [-0.1, -0.05) is 6.92 Å². The monoisotopic (exact) mass is 281 g/mol. The molecule has 3 rings (SSSR count). The van der Waals surface area contributed by atoms with Crippen LogP contribution in [0.3, 0.4) is 0 Å². The van der Waals surface area contributed by atoms with Gasteiger partial charge in [0.25, 0.3) is 5.91 Å². The highest BCUT2D eigenvalue weighted by atomic mass is 16.5. The lowest BCUT2D eigenvalue weighted by atomic mass is 10.2. The Bertz CT molecular complexity index is 346. The van der Waals surface area contributed by atoms with Crippen LogP contribution < -0.4 is 5.32 Å². The zero-order valence-electron chi connectivity index (χ0n) is 12.5. The summed E-state index contributed by atoms with van der Waals surface area (Å²) in [5, 5.41) is 3.18. The molecule has 20 heavy (non-hydrogen) atoms. The summed E-state index contributed by atoms with van der Waals surface area (Å²) in [6.07, 6.45) is 3.61. The summed E-state index contributed by atoms with van der Waals surface area (Å²) >= 11 is 0. The quantitative estimate of drug-likeness (QED) is 0.788. The first-order valence-corrected chi connectivity index (χ1v) is 8.11. The molecule has 0 spiro atoms. The van der Waals surface area contributed by atoms with Crippen molar-refractivity contribution in [2.75, 3.05) is 45.9 Å². The van der Waals surface area contributed by atoms with Gasteiger partial charge in [0.2, 0.25) is 0 Å². The van der Waals surface area contributed by atoms with Crippen LogP contribution in [0.1, 0.15) is 26.2 Å². The highest BCUT2D eigenvalue weighted by molar-refractivity contribution is 5.81. The number of carbonyl (C=O) groups excluding carboxylic acids is 1. The van der Waals surface area contributed by atoms with Crippen molar-refractivity contribution < 1.29 is 9.53 Å². The number of rotatable bonds is 5. The number of likely N-dealkylation sites (N-methyl/N-ethyl adjacent to an activating group) is 1. The molecule has 114 valence electrons. The maximum absolute atomic E-state index is 12.3. The topological polar surface area (TPSA) is 44.8 Å². The summed E-state index contributed by atoms with van der Waals surface area (Å²) in [6.45, 7) is 8.86. The highest BCUT2D eigenvalue weighted by Gasteiger charge is 2.32. The lowest BCUT2D eigenvalue weighted by Crippen LogP contribution is -2.52. The molecule has 5 heteroatoms. The molecule has 3 aliphatic rings. The van der Waals surface area contributed by atoms with E-state index in [9.17, 15) is 4.79 Å². The molecule has 1 aliphatic carbocycles. The third kappa shape index (κ3) is 3.71. The average Bonchev–Trinajstić information content (AvgIpc) is 3.18. The second-order valence-electron chi connectivity index (χ2n) is 6.45. The molecule has 0 radical (unpaired) electrons. The number of nitrogens with one attached hydrogen (secondary N) is 1. The fraction of sp³-hybridized carbons (Fsp3) is 0.933. The molecule has 1 amide bonds. The molecular weight excluding hydrogens is 254 g/mol. The van der Waals surface area contributed by atoms with E-state index in [1.807, 2.05) is 0 Å². The van der Waals surface area contributed by atoms with Crippen LogP contribution in [0, 0.1) is 5.92 Å². The van der Waals surface area contributed by atoms with Gasteiger partial charge >= 0.3 is 0 Å². The molecule has 0 aromatic rings. The molecule has 1 saturated carbocycles. The fourth-order valence-electron chi connectivity index (χ4n) is 3.22. The molecule has 0 aromatic carbocycles. The summed E-state index contributed by atoms with van der Waals surface area (Å²) in [4.78, 5) is 17.1. The van der Waals surface area contributed by atoms with Crippen molar-refractivity contribution in [3.8, 4) is 0 Å². The molecule has 0 aromatic heterocycles. The number of carbonyl (C=O) groups is 1. The van der Waals surface area contributed by atoms with E-state index >= 15 is 0 Å². The van der Waals surface area contributed by atoms with E-state index in [0.717, 1.165) is 45.1 Å². The van der Waals surface area contributed by atoms with E-state index in [2.05, 4.69) is 22.0 Å². The van der Waals surface area contributed by atoms with E-state index in [4.69, 9.17) is 4.74 Å². The first kappa shape index (κ1) is 14.3. The van der Waals surface area contributed by atoms with Crippen LogP contribution in [0.4, 0.5) is 0 Å². The van der Waals surface area contributed by atoms with Gasteiger partial charge < -0.3 is 15.0 Å². The zero-order chi connectivity index (χ0) is 13.9. The van der Waals surface area contributed by atoms with Crippen LogP contribution in [0.25, 0.3) is 0 Å². The Morgan fingerprint density at radius 2 is 2.05 bits per heavy atom. The van der Waals surface area contributed by atoms with Crippen LogP contribution >= 0.6 is 0 Å². The molecule has 1 N–H and O–H groups in total. The number of ether oxygens (including phenoxy) is 1. The van der Waals surface area contributed by atoms with Gasteiger partial charge in [-0.15, -0.1) is 0 Å². The van der Waals surface area contributed by atoms with Crippen molar-refractivity contribution in [1.82, 2.24) is 15.1 Å². The van der Waals surface area contributed by atoms with E-state index in [0.29, 0.717) is 12.6 Å². The van der Waals surface area contributed by atoms with Crippen LogP contribution in [-0.4, -0.2) is 73.7 Å². The Labute approximate surface area is 121 Å². The number of hydrogen-bond acceptors (Lipinski definition) is 4. The summed E-state index contributed by atoms with van der Waals surface area (Å²) in [6, 6.07) is 0.321. The number of nitrogens with zero attached hydrogens (tertiary/aromatic N) is 2. The molecule has 2 atom stereocenters. The number of amides is 1. The summed E-state index contributed by atoms with van der Waals surface area (Å²) in [7, 11) is 0. The third-order valence-electron chi connectivity index (χ3n) is 4.72. The van der Waals surface area contributed by atoms with Gasteiger partial charge in [0.15, 0.2) is 0 Å². The van der Waals surface area contributed by atoms with E-state index < -0.39 is 0 Å². The largest absolute Gasteiger partial charge is 0.366 e. The van der Waals surface area contributed by atoms with Gasteiger partial charge in [-0.05, 0) is 31.7 Å². The summed E-state index contributed by atoms with van der Waals surface area (Å²) in [5.41, 5.74) is 0. The molecule has 0 bridgehead atoms. The molecule has 0 unspecified atom stereocenters. The Hall–Kier alpha value is -0.650. The lowest BCUT2D eigenvalue weighted by molar-refractivity contribution is -0.139. The van der Waals surface area contributed by atoms with E-state index in [-0.39, 0.29) is 12.0 Å². The molecule has 2 saturated heterocycles. The first-order valence-electron chi connectivity index (χ1n) is 8.11. The Balaban J connectivity index is 1.41. The third-order valence-corrected chi connectivity index (χ3v) is 4.72. The van der Waals surface area contributed by atoms with E-state index in [1.54, 1.807) is 0 Å². The minimum absolute atomic E-state index is 0.0846. The molecule has 2 heterocycles. The Kier molecular flexibility index (Phi) is 4.58. The van der Waals surface area contributed by atoms with Gasteiger partial charge in [0, 0.05) is 38.8 Å². The van der Waals surface area contributed by atoms with Crippen molar-refractivity contribution >= 4 is 5.91 Å². The average molecular weight is 281 g/mol. The maximum atomic E-state index is 12.3. The second kappa shape index (κ2) is 6.41. The number of morpholine rings is 1. The normalized spacial score (nSPS) is 32.5. The summed E-state index contributed by atoms with van der Waals surface area (Å²) in [5.74, 6) is 1.02. The van der Waals surface area contributed by atoms with Gasteiger partial charge in [0.1, 0.15) is 6.10 Å². The summed E-state index contributed by atoms with van der Waals surface area (Å²) < 4.78 is 5.62. The van der Waals surface area contributed by atoms with Gasteiger partial charge in [-0.25, -0.2) is 0 Å². The number of likely N-dealkylation sites (tertiary alicyclic amines) is 1. The van der Waals surface area contributed by atoms with Gasteiger partial charge in [-0.3, -0.25) is 9.69 Å². The minimum atomic E-state index is -0.277. The van der Waals surface area contributed by atoms with Gasteiger partial charge in [0.05, 0.1) is 6.61 Å². The standard InChI is InChI=1S/C15H27N3O2/c1-2-17-7-8-20-14(11-17)15(19)16-13-5-6-18(10-13)9-12-3-4-12/h12-14H,2-11H2,1H3,(H,16,19)/t13-,14-/m0/s1. The molecule has 2 aliphatic heterocycles. The molecule has 3 fully saturated rings. The Morgan fingerprint density at radius 3 is 2.80 bits per heavy atom. The van der Waals surface area contributed by atoms with Crippen molar-refractivity contribution in [1.29, 1.82) is 0 Å². The van der Waals surface area contributed by atoms with Crippen molar-refractivity contribution in [3.63, 3.8) is 0 Å². The smallest absolute Gasteiger partial charge is 0.250 e. The van der Waals surface area contributed by atoms with Crippen molar-refractivity contribution in [2.24, 2.45) is 5.92 Å². The Morgan fingerprint density at radius 1 is 1.20 bits per heavy atom. The predicted molar refractivity (Wildman–Crippen MR) is 77.6 cm³/mol. The van der Waals surface area contributed by atoms with E-state index in [1.165, 1.54) is 19.4 Å².